The van der Waals surface area contributed by atoms with E-state index in [1.54, 1.807) is 6.07 Å². The number of benzene rings is 1. The third kappa shape index (κ3) is 5.27. The molecule has 1 aromatic rings. The van der Waals surface area contributed by atoms with E-state index >= 15 is 0 Å². The van der Waals surface area contributed by atoms with Crippen LogP contribution >= 0.6 is 0 Å². The molecular weight excluding hydrogens is 244 g/mol. The third-order valence-corrected chi connectivity index (χ3v) is 3.75. The molecule has 0 saturated heterocycles. The molecule has 0 aromatic heterocycles. The lowest BCUT2D eigenvalue weighted by Gasteiger charge is -2.23. The Morgan fingerprint density at radius 2 is 1.79 bits per heavy atom. The molecule has 0 heterocycles. The predicted molar refractivity (Wildman–Crippen MR) is 76.2 cm³/mol. The molecule has 0 radical (unpaired) electrons. The van der Waals surface area contributed by atoms with Crippen molar-refractivity contribution in [1.29, 1.82) is 0 Å². The van der Waals surface area contributed by atoms with Gasteiger partial charge in [0, 0.05) is 12.1 Å². The lowest BCUT2D eigenvalue weighted by Crippen LogP contribution is -2.33. The molecule has 1 N–H and O–H groups in total. The van der Waals surface area contributed by atoms with Crippen molar-refractivity contribution in [2.75, 3.05) is 6.54 Å². The van der Waals surface area contributed by atoms with Crippen LogP contribution in [0.5, 0.6) is 0 Å². The monoisotopic (exact) mass is 269 g/mol. The van der Waals surface area contributed by atoms with Gasteiger partial charge in [-0.05, 0) is 36.9 Å². The maximum Gasteiger partial charge on any atom is 0.129 e. The highest BCUT2D eigenvalue weighted by atomic mass is 19.1. The molecule has 1 unspecified atom stereocenters. The summed E-state index contributed by atoms with van der Waals surface area (Å²) in [6, 6.07) is 4.12. The molecule has 0 aliphatic rings. The van der Waals surface area contributed by atoms with Crippen molar-refractivity contribution in [1.82, 2.24) is 5.32 Å². The minimum absolute atomic E-state index is 0.259. The van der Waals surface area contributed by atoms with Crippen LogP contribution in [0.1, 0.15) is 45.6 Å². The van der Waals surface area contributed by atoms with E-state index in [2.05, 4.69) is 26.1 Å². The zero-order chi connectivity index (χ0) is 14.3. The molecule has 0 spiro atoms. The van der Waals surface area contributed by atoms with Gasteiger partial charge in [0.25, 0.3) is 0 Å². The van der Waals surface area contributed by atoms with Crippen molar-refractivity contribution in [2.45, 2.75) is 52.5 Å². The van der Waals surface area contributed by atoms with E-state index in [1.807, 2.05) is 0 Å². The summed E-state index contributed by atoms with van der Waals surface area (Å²) >= 11 is 0. The fourth-order valence-corrected chi connectivity index (χ4v) is 2.50. The molecule has 0 aliphatic carbocycles. The van der Waals surface area contributed by atoms with Gasteiger partial charge >= 0.3 is 0 Å². The first-order valence-corrected chi connectivity index (χ1v) is 7.27. The van der Waals surface area contributed by atoms with E-state index in [0.29, 0.717) is 17.9 Å². The van der Waals surface area contributed by atoms with Gasteiger partial charge in [0.2, 0.25) is 0 Å². The summed E-state index contributed by atoms with van der Waals surface area (Å²) in [5.74, 6) is -0.291. The maximum atomic E-state index is 13.7. The minimum Gasteiger partial charge on any atom is -0.314 e. The Kier molecular flexibility index (Phi) is 7.00. The van der Waals surface area contributed by atoms with Crippen molar-refractivity contribution in [2.24, 2.45) is 5.92 Å². The minimum atomic E-state index is -0.513. The van der Waals surface area contributed by atoms with Gasteiger partial charge in [-0.25, -0.2) is 8.78 Å². The molecular formula is C16H25F2N. The van der Waals surface area contributed by atoms with Crippen LogP contribution in [0.2, 0.25) is 0 Å². The molecule has 19 heavy (non-hydrogen) atoms. The fourth-order valence-electron chi connectivity index (χ4n) is 2.50. The van der Waals surface area contributed by atoms with Crippen LogP contribution in [0.25, 0.3) is 0 Å². The van der Waals surface area contributed by atoms with Gasteiger partial charge < -0.3 is 5.32 Å². The first-order chi connectivity index (χ1) is 9.10. The second-order valence-corrected chi connectivity index (χ2v) is 5.11. The average molecular weight is 269 g/mol. The molecule has 1 atom stereocenters. The summed E-state index contributed by atoms with van der Waals surface area (Å²) in [6.07, 6.45) is 3.95. The summed E-state index contributed by atoms with van der Waals surface area (Å²) in [6.45, 7) is 7.31. The summed E-state index contributed by atoms with van der Waals surface area (Å²) in [7, 11) is 0. The van der Waals surface area contributed by atoms with Crippen molar-refractivity contribution in [3.05, 3.63) is 35.4 Å². The SMILES string of the molecule is CCNC(Cc1ccc(F)cc1F)CC(CC)CC. The van der Waals surface area contributed by atoms with E-state index in [1.165, 1.54) is 6.07 Å². The Balaban J connectivity index is 2.71. The molecule has 0 fully saturated rings. The predicted octanol–water partition coefficient (Wildman–Crippen LogP) is 4.31. The zero-order valence-electron chi connectivity index (χ0n) is 12.2. The van der Waals surface area contributed by atoms with Crippen molar-refractivity contribution in [3.8, 4) is 0 Å². The van der Waals surface area contributed by atoms with Gasteiger partial charge in [-0.2, -0.15) is 0 Å². The lowest BCUT2D eigenvalue weighted by atomic mass is 9.91. The zero-order valence-corrected chi connectivity index (χ0v) is 12.2. The first kappa shape index (κ1) is 16.1. The smallest absolute Gasteiger partial charge is 0.129 e. The molecule has 1 nitrogen and oxygen atoms in total. The highest BCUT2D eigenvalue weighted by molar-refractivity contribution is 5.19. The Labute approximate surface area is 115 Å². The lowest BCUT2D eigenvalue weighted by molar-refractivity contribution is 0.364. The van der Waals surface area contributed by atoms with Crippen LogP contribution in [0.4, 0.5) is 8.78 Å². The highest BCUT2D eigenvalue weighted by Crippen LogP contribution is 2.19. The number of rotatable bonds is 8. The first-order valence-electron chi connectivity index (χ1n) is 7.27. The molecule has 0 bridgehead atoms. The standard InChI is InChI=1S/C16H25F2N/c1-4-12(5-2)9-15(19-6-3)10-13-7-8-14(17)11-16(13)18/h7-8,11-12,15,19H,4-6,9-10H2,1-3H3. The molecule has 1 rings (SSSR count). The van der Waals surface area contributed by atoms with Gasteiger partial charge in [-0.1, -0.05) is 39.7 Å². The van der Waals surface area contributed by atoms with Crippen LogP contribution in [0, 0.1) is 17.6 Å². The molecule has 0 amide bonds. The van der Waals surface area contributed by atoms with Gasteiger partial charge in [0.15, 0.2) is 0 Å². The van der Waals surface area contributed by atoms with E-state index in [4.69, 9.17) is 0 Å². The van der Waals surface area contributed by atoms with E-state index in [0.717, 1.165) is 31.9 Å². The Hall–Kier alpha value is -0.960. The highest BCUT2D eigenvalue weighted by Gasteiger charge is 2.16. The second kappa shape index (κ2) is 8.26. The van der Waals surface area contributed by atoms with E-state index < -0.39 is 11.6 Å². The van der Waals surface area contributed by atoms with Gasteiger partial charge in [-0.15, -0.1) is 0 Å². The average Bonchev–Trinajstić information content (AvgIpc) is 2.39. The Morgan fingerprint density at radius 1 is 1.11 bits per heavy atom. The van der Waals surface area contributed by atoms with Crippen LogP contribution in [-0.2, 0) is 6.42 Å². The molecule has 108 valence electrons. The van der Waals surface area contributed by atoms with Gasteiger partial charge in [0.05, 0.1) is 0 Å². The molecule has 0 saturated carbocycles. The van der Waals surface area contributed by atoms with E-state index in [9.17, 15) is 8.78 Å². The number of hydrogen-bond acceptors (Lipinski definition) is 1. The largest absolute Gasteiger partial charge is 0.314 e. The molecule has 0 aliphatic heterocycles. The quantitative estimate of drug-likeness (QED) is 0.741. The Bertz CT molecular complexity index is 375. The van der Waals surface area contributed by atoms with Crippen LogP contribution in [0.3, 0.4) is 0 Å². The summed E-state index contributed by atoms with van der Waals surface area (Å²) in [4.78, 5) is 0. The third-order valence-electron chi connectivity index (χ3n) is 3.75. The van der Waals surface area contributed by atoms with Crippen molar-refractivity contribution in [3.63, 3.8) is 0 Å². The van der Waals surface area contributed by atoms with Gasteiger partial charge in [0.1, 0.15) is 11.6 Å². The number of halogens is 2. The normalized spacial score (nSPS) is 12.9. The van der Waals surface area contributed by atoms with E-state index in [-0.39, 0.29) is 6.04 Å². The topological polar surface area (TPSA) is 12.0 Å². The van der Waals surface area contributed by atoms with Gasteiger partial charge in [-0.3, -0.25) is 0 Å². The molecule has 3 heteroatoms. The molecule has 1 aromatic carbocycles. The fraction of sp³-hybridized carbons (Fsp3) is 0.625. The van der Waals surface area contributed by atoms with Crippen LogP contribution in [-0.4, -0.2) is 12.6 Å². The number of hydrogen-bond donors (Lipinski definition) is 1. The maximum absolute atomic E-state index is 13.7. The Morgan fingerprint density at radius 3 is 2.32 bits per heavy atom. The summed E-state index contributed by atoms with van der Waals surface area (Å²) in [5.41, 5.74) is 0.596. The van der Waals surface area contributed by atoms with Crippen molar-refractivity contribution < 1.29 is 8.78 Å². The van der Waals surface area contributed by atoms with Crippen LogP contribution < -0.4 is 5.32 Å². The van der Waals surface area contributed by atoms with Crippen LogP contribution in [0.15, 0.2) is 18.2 Å². The number of likely N-dealkylation sites (N-methyl/N-ethyl adjacent to an activating group) is 1. The summed E-state index contributed by atoms with van der Waals surface area (Å²) in [5, 5.41) is 3.41. The van der Waals surface area contributed by atoms with Crippen molar-refractivity contribution >= 4 is 0 Å². The summed E-state index contributed by atoms with van der Waals surface area (Å²) < 4.78 is 26.6. The number of nitrogens with one attached hydrogen (secondary N) is 1. The second-order valence-electron chi connectivity index (χ2n) is 5.11.